The monoisotopic (exact) mass is 293 g/mol. The van der Waals surface area contributed by atoms with E-state index < -0.39 is 0 Å². The first-order chi connectivity index (χ1) is 10.1. The maximum absolute atomic E-state index is 11.9. The number of rotatable bonds is 5. The van der Waals surface area contributed by atoms with Crippen LogP contribution in [0.5, 0.6) is 0 Å². The first kappa shape index (κ1) is 16.0. The predicted molar refractivity (Wildman–Crippen MR) is 82.8 cm³/mol. The highest BCUT2D eigenvalue weighted by Crippen LogP contribution is 2.23. The lowest BCUT2D eigenvalue weighted by Crippen LogP contribution is -2.34. The highest BCUT2D eigenvalue weighted by molar-refractivity contribution is 6.00. The maximum Gasteiger partial charge on any atom is 0.243 e. The lowest BCUT2D eigenvalue weighted by atomic mass is 9.89. The van der Waals surface area contributed by atoms with Gasteiger partial charge in [-0.15, -0.1) is 0 Å². The van der Waals surface area contributed by atoms with Crippen LogP contribution >= 0.6 is 0 Å². The molecule has 5 nitrogen and oxygen atoms in total. The van der Waals surface area contributed by atoms with E-state index >= 15 is 0 Å². The lowest BCUT2D eigenvalue weighted by molar-refractivity contribution is -0.126. The van der Waals surface area contributed by atoms with E-state index in [1.54, 1.807) is 6.92 Å². The Morgan fingerprint density at radius 1 is 1.00 bits per heavy atom. The van der Waals surface area contributed by atoms with Crippen molar-refractivity contribution in [1.82, 2.24) is 10.7 Å². The van der Waals surface area contributed by atoms with Gasteiger partial charge in [-0.1, -0.05) is 32.1 Å². The predicted octanol–water partition coefficient (Wildman–Crippen LogP) is 2.51. The molecule has 0 spiro atoms. The van der Waals surface area contributed by atoms with E-state index in [-0.39, 0.29) is 24.2 Å². The largest absolute Gasteiger partial charge is 0.353 e. The zero-order valence-electron chi connectivity index (χ0n) is 13.0. The average molecular weight is 293 g/mol. The summed E-state index contributed by atoms with van der Waals surface area (Å²) in [6.45, 7) is 1.79. The molecule has 5 heteroatoms. The van der Waals surface area contributed by atoms with Crippen molar-refractivity contribution in [3.05, 3.63) is 0 Å². The summed E-state index contributed by atoms with van der Waals surface area (Å²) in [6, 6.07) is 0.335. The van der Waals surface area contributed by atoms with Gasteiger partial charge >= 0.3 is 0 Å². The van der Waals surface area contributed by atoms with Gasteiger partial charge in [0.15, 0.2) is 0 Å². The fraction of sp³-hybridized carbons (Fsp3) is 0.812. The summed E-state index contributed by atoms with van der Waals surface area (Å²) in [4.78, 5) is 23.8. The summed E-state index contributed by atoms with van der Waals surface area (Å²) in [7, 11) is 0. The van der Waals surface area contributed by atoms with Gasteiger partial charge in [-0.05, 0) is 32.6 Å². The van der Waals surface area contributed by atoms with E-state index in [4.69, 9.17) is 0 Å². The Morgan fingerprint density at radius 3 is 2.29 bits per heavy atom. The molecule has 2 amide bonds. The Hall–Kier alpha value is -1.39. The van der Waals surface area contributed by atoms with Gasteiger partial charge < -0.3 is 5.32 Å². The number of carbonyl (C=O) groups is 2. The molecular weight excluding hydrogens is 266 g/mol. The van der Waals surface area contributed by atoms with E-state index in [0.29, 0.717) is 11.8 Å². The number of amides is 2. The molecule has 0 unspecified atom stereocenters. The number of nitrogens with one attached hydrogen (secondary N) is 2. The van der Waals surface area contributed by atoms with Crippen molar-refractivity contribution in [1.29, 1.82) is 0 Å². The van der Waals surface area contributed by atoms with E-state index in [2.05, 4.69) is 15.8 Å². The molecule has 2 fully saturated rings. The van der Waals surface area contributed by atoms with Gasteiger partial charge in [0.25, 0.3) is 0 Å². The standard InChI is InChI=1S/C16H27N3O2/c1-12(11-15(20)17-14-9-5-6-10-14)18-19-16(21)13-7-3-2-4-8-13/h13-14H,2-11H2,1H3,(H,17,20)(H,19,21)/b18-12-. The molecule has 118 valence electrons. The van der Waals surface area contributed by atoms with Crippen LogP contribution in [0.25, 0.3) is 0 Å². The average Bonchev–Trinajstić information content (AvgIpc) is 2.98. The minimum atomic E-state index is 0.00486. The Morgan fingerprint density at radius 2 is 1.62 bits per heavy atom. The zero-order valence-corrected chi connectivity index (χ0v) is 13.0. The van der Waals surface area contributed by atoms with Crippen molar-refractivity contribution in [2.75, 3.05) is 0 Å². The van der Waals surface area contributed by atoms with Crippen LogP contribution in [0.15, 0.2) is 5.10 Å². The molecule has 0 saturated heterocycles. The molecule has 0 aromatic heterocycles. The van der Waals surface area contributed by atoms with E-state index in [9.17, 15) is 9.59 Å². The van der Waals surface area contributed by atoms with Crippen LogP contribution in [0, 0.1) is 5.92 Å². The maximum atomic E-state index is 11.9. The van der Waals surface area contributed by atoms with Gasteiger partial charge in [-0.3, -0.25) is 9.59 Å². The van der Waals surface area contributed by atoms with Crippen LogP contribution < -0.4 is 10.7 Å². The van der Waals surface area contributed by atoms with Crippen LogP contribution in [0.2, 0.25) is 0 Å². The first-order valence-electron chi connectivity index (χ1n) is 8.27. The lowest BCUT2D eigenvalue weighted by Gasteiger charge is -2.19. The van der Waals surface area contributed by atoms with Crippen LogP contribution in [-0.2, 0) is 9.59 Å². The summed E-state index contributed by atoms with van der Waals surface area (Å²) in [5.74, 6) is 0.114. The highest BCUT2D eigenvalue weighted by Gasteiger charge is 2.21. The molecule has 0 atom stereocenters. The summed E-state index contributed by atoms with van der Waals surface area (Å²) in [5.41, 5.74) is 3.28. The van der Waals surface area contributed by atoms with Gasteiger partial charge in [0.2, 0.25) is 11.8 Å². The third-order valence-corrected chi connectivity index (χ3v) is 4.47. The van der Waals surface area contributed by atoms with Gasteiger partial charge in [0.05, 0.1) is 6.42 Å². The number of hydrogen-bond donors (Lipinski definition) is 2. The molecule has 2 N–H and O–H groups in total. The molecule has 21 heavy (non-hydrogen) atoms. The minimum absolute atomic E-state index is 0.00486. The molecule has 0 heterocycles. The quantitative estimate of drug-likeness (QED) is 0.604. The van der Waals surface area contributed by atoms with Gasteiger partial charge in [0.1, 0.15) is 0 Å². The van der Waals surface area contributed by atoms with Crippen molar-refractivity contribution in [2.45, 2.75) is 77.2 Å². The van der Waals surface area contributed by atoms with E-state index in [1.807, 2.05) is 0 Å². The molecular formula is C16H27N3O2. The molecule has 2 saturated carbocycles. The minimum Gasteiger partial charge on any atom is -0.353 e. The first-order valence-corrected chi connectivity index (χ1v) is 8.27. The second-order valence-electron chi connectivity index (χ2n) is 6.38. The molecule has 2 aliphatic rings. The Bertz CT molecular complexity index is 394. The highest BCUT2D eigenvalue weighted by atomic mass is 16.2. The van der Waals surface area contributed by atoms with Gasteiger partial charge in [-0.25, -0.2) is 5.43 Å². The molecule has 0 aromatic rings. The molecule has 2 aliphatic carbocycles. The van der Waals surface area contributed by atoms with Crippen LogP contribution in [-0.4, -0.2) is 23.6 Å². The molecule has 0 bridgehead atoms. The summed E-state index contributed by atoms with van der Waals surface area (Å²) in [5, 5.41) is 7.10. The van der Waals surface area contributed by atoms with Crippen LogP contribution in [0.3, 0.4) is 0 Å². The fourth-order valence-corrected chi connectivity index (χ4v) is 3.23. The number of hydrazone groups is 1. The van der Waals surface area contributed by atoms with Crippen molar-refractivity contribution in [2.24, 2.45) is 11.0 Å². The van der Waals surface area contributed by atoms with Crippen molar-refractivity contribution in [3.8, 4) is 0 Å². The smallest absolute Gasteiger partial charge is 0.243 e. The fourth-order valence-electron chi connectivity index (χ4n) is 3.23. The van der Waals surface area contributed by atoms with Crippen LogP contribution in [0.4, 0.5) is 0 Å². The zero-order chi connectivity index (χ0) is 15.1. The third kappa shape index (κ3) is 5.48. The molecule has 0 aromatic carbocycles. The SMILES string of the molecule is C/C(CC(=O)NC1CCCC1)=N/NC(=O)C1CCCCC1. The van der Waals surface area contributed by atoms with Gasteiger partial charge in [-0.2, -0.15) is 5.10 Å². The van der Waals surface area contributed by atoms with Crippen LogP contribution in [0.1, 0.15) is 71.1 Å². The second-order valence-corrected chi connectivity index (χ2v) is 6.38. The van der Waals surface area contributed by atoms with E-state index in [0.717, 1.165) is 38.5 Å². The third-order valence-electron chi connectivity index (χ3n) is 4.47. The Balaban J connectivity index is 1.69. The number of carbonyl (C=O) groups excluding carboxylic acids is 2. The number of hydrogen-bond acceptors (Lipinski definition) is 3. The van der Waals surface area contributed by atoms with E-state index in [1.165, 1.54) is 19.3 Å². The molecule has 0 radical (unpaired) electrons. The van der Waals surface area contributed by atoms with Crippen molar-refractivity contribution < 1.29 is 9.59 Å². The topological polar surface area (TPSA) is 70.6 Å². The van der Waals surface area contributed by atoms with Crippen molar-refractivity contribution >= 4 is 17.5 Å². The summed E-state index contributed by atoms with van der Waals surface area (Å²) < 4.78 is 0. The Labute approximate surface area is 126 Å². The molecule has 0 aliphatic heterocycles. The summed E-state index contributed by atoms with van der Waals surface area (Å²) in [6.07, 6.45) is 10.3. The second kappa shape index (κ2) is 8.15. The summed E-state index contributed by atoms with van der Waals surface area (Å²) >= 11 is 0. The normalized spacial score (nSPS) is 21.3. The Kier molecular flexibility index (Phi) is 6.21. The molecule has 2 rings (SSSR count). The van der Waals surface area contributed by atoms with Gasteiger partial charge in [0, 0.05) is 17.7 Å². The number of nitrogens with zero attached hydrogens (tertiary/aromatic N) is 1. The van der Waals surface area contributed by atoms with Crippen molar-refractivity contribution in [3.63, 3.8) is 0 Å².